The van der Waals surface area contributed by atoms with Gasteiger partial charge in [-0.3, -0.25) is 0 Å². The maximum absolute atomic E-state index is 9.30. The van der Waals surface area contributed by atoms with E-state index in [2.05, 4.69) is 15.6 Å². The lowest BCUT2D eigenvalue weighted by Gasteiger charge is -2.11. The molecule has 0 radical (unpaired) electrons. The average Bonchev–Trinajstić information content (AvgIpc) is 2.59. The molecule has 2 aromatic carbocycles. The van der Waals surface area contributed by atoms with Crippen LogP contribution in [-0.2, 0) is 13.1 Å². The Morgan fingerprint density at radius 2 is 1.87 bits per heavy atom. The Morgan fingerprint density at radius 3 is 2.57 bits per heavy atom. The van der Waals surface area contributed by atoms with Crippen molar-refractivity contribution in [3.8, 4) is 11.5 Å². The van der Waals surface area contributed by atoms with Crippen molar-refractivity contribution in [3.63, 3.8) is 0 Å². The zero-order valence-electron chi connectivity index (χ0n) is 13.5. The molecular weight excluding hydrogens is 290 g/mol. The van der Waals surface area contributed by atoms with Gasteiger partial charge in [0.1, 0.15) is 11.5 Å². The van der Waals surface area contributed by atoms with Crippen LogP contribution in [0.1, 0.15) is 18.1 Å². The number of rotatable bonds is 6. The Balaban J connectivity index is 1.97. The summed E-state index contributed by atoms with van der Waals surface area (Å²) in [6.07, 6.45) is 0. The predicted octanol–water partition coefficient (Wildman–Crippen LogP) is 2.66. The van der Waals surface area contributed by atoms with E-state index in [1.807, 2.05) is 43.3 Å². The molecular formula is C18H23N3O2. The number of phenols is 1. The number of aromatic hydroxyl groups is 1. The summed E-state index contributed by atoms with van der Waals surface area (Å²) in [6, 6.07) is 15.0. The van der Waals surface area contributed by atoms with Crippen molar-refractivity contribution < 1.29 is 9.84 Å². The Hall–Kier alpha value is -2.69. The average molecular weight is 313 g/mol. The molecule has 0 aliphatic heterocycles. The van der Waals surface area contributed by atoms with E-state index in [9.17, 15) is 5.11 Å². The number of hydrogen-bond donors (Lipinski definition) is 3. The van der Waals surface area contributed by atoms with Crippen molar-refractivity contribution in [3.05, 3.63) is 59.7 Å². The number of methoxy groups -OCH3 is 1. The Bertz CT molecular complexity index is 639. The number of benzene rings is 2. The second kappa shape index (κ2) is 8.68. The van der Waals surface area contributed by atoms with Crippen LogP contribution >= 0.6 is 0 Å². The van der Waals surface area contributed by atoms with E-state index in [4.69, 9.17) is 4.74 Å². The first-order chi connectivity index (χ1) is 11.2. The molecule has 5 nitrogen and oxygen atoms in total. The molecule has 2 aromatic rings. The molecule has 0 saturated heterocycles. The van der Waals surface area contributed by atoms with Gasteiger partial charge >= 0.3 is 0 Å². The standard InChI is InChI=1S/C18H23N3O2/c1-3-19-18(20-12-14-7-9-16(22)10-8-14)21-13-15-5-4-6-17(11-15)23-2/h4-11,22H,3,12-13H2,1-2H3,(H2,19,20,21). The number of phenolic OH excluding ortho intramolecular Hbond substituents is 1. The molecule has 0 bridgehead atoms. The molecule has 23 heavy (non-hydrogen) atoms. The van der Waals surface area contributed by atoms with Crippen LogP contribution in [0.4, 0.5) is 0 Å². The third-order valence-corrected chi connectivity index (χ3v) is 3.29. The summed E-state index contributed by atoms with van der Waals surface area (Å²) < 4.78 is 5.22. The lowest BCUT2D eigenvalue weighted by molar-refractivity contribution is 0.414. The first-order valence-electron chi connectivity index (χ1n) is 7.64. The molecule has 0 saturated carbocycles. The molecule has 0 spiro atoms. The highest BCUT2D eigenvalue weighted by Gasteiger charge is 2.00. The molecule has 3 N–H and O–H groups in total. The Labute approximate surface area is 137 Å². The van der Waals surface area contributed by atoms with E-state index in [0.29, 0.717) is 13.1 Å². The van der Waals surface area contributed by atoms with Gasteiger partial charge in [-0.1, -0.05) is 24.3 Å². The van der Waals surface area contributed by atoms with Gasteiger partial charge in [0.2, 0.25) is 0 Å². The van der Waals surface area contributed by atoms with Crippen LogP contribution in [0, 0.1) is 0 Å². The second-order valence-electron chi connectivity index (χ2n) is 5.07. The summed E-state index contributed by atoms with van der Waals surface area (Å²) in [5.41, 5.74) is 2.17. The molecule has 122 valence electrons. The van der Waals surface area contributed by atoms with Gasteiger partial charge in [0, 0.05) is 13.1 Å². The number of aliphatic imine (C=N–C) groups is 1. The third kappa shape index (κ3) is 5.54. The zero-order valence-corrected chi connectivity index (χ0v) is 13.5. The Kier molecular flexibility index (Phi) is 6.29. The number of ether oxygens (including phenoxy) is 1. The molecule has 0 aromatic heterocycles. The number of hydrogen-bond acceptors (Lipinski definition) is 3. The van der Waals surface area contributed by atoms with E-state index in [1.165, 1.54) is 0 Å². The minimum atomic E-state index is 0.271. The van der Waals surface area contributed by atoms with Gasteiger partial charge in [-0.25, -0.2) is 4.99 Å². The summed E-state index contributed by atoms with van der Waals surface area (Å²) in [6.45, 7) is 4.04. The van der Waals surface area contributed by atoms with Crippen LogP contribution in [0.25, 0.3) is 0 Å². The van der Waals surface area contributed by atoms with Crippen molar-refractivity contribution in [1.82, 2.24) is 10.6 Å². The minimum absolute atomic E-state index is 0.271. The van der Waals surface area contributed by atoms with Gasteiger partial charge in [-0.15, -0.1) is 0 Å². The zero-order chi connectivity index (χ0) is 16.5. The van der Waals surface area contributed by atoms with Gasteiger partial charge in [0.05, 0.1) is 13.7 Å². The largest absolute Gasteiger partial charge is 0.508 e. The van der Waals surface area contributed by atoms with Crippen LogP contribution in [0.15, 0.2) is 53.5 Å². The highest BCUT2D eigenvalue weighted by atomic mass is 16.5. The molecule has 0 aliphatic rings. The van der Waals surface area contributed by atoms with Gasteiger partial charge in [0.15, 0.2) is 5.96 Å². The maximum Gasteiger partial charge on any atom is 0.191 e. The summed E-state index contributed by atoms with van der Waals surface area (Å²) in [7, 11) is 1.66. The van der Waals surface area contributed by atoms with Crippen LogP contribution < -0.4 is 15.4 Å². The lowest BCUT2D eigenvalue weighted by atomic mass is 10.2. The highest BCUT2D eigenvalue weighted by Crippen LogP contribution is 2.13. The maximum atomic E-state index is 9.30. The lowest BCUT2D eigenvalue weighted by Crippen LogP contribution is -2.36. The number of nitrogens with zero attached hydrogens (tertiary/aromatic N) is 1. The fourth-order valence-electron chi connectivity index (χ4n) is 2.08. The van der Waals surface area contributed by atoms with E-state index in [-0.39, 0.29) is 5.75 Å². The quantitative estimate of drug-likeness (QED) is 0.566. The molecule has 0 heterocycles. The highest BCUT2D eigenvalue weighted by molar-refractivity contribution is 5.79. The predicted molar refractivity (Wildman–Crippen MR) is 92.8 cm³/mol. The van der Waals surface area contributed by atoms with Gasteiger partial charge in [-0.05, 0) is 42.3 Å². The molecule has 0 amide bonds. The summed E-state index contributed by atoms with van der Waals surface area (Å²) in [5, 5.41) is 15.8. The molecule has 0 unspecified atom stereocenters. The van der Waals surface area contributed by atoms with Crippen molar-refractivity contribution >= 4 is 5.96 Å². The first kappa shape index (κ1) is 16.7. The monoisotopic (exact) mass is 313 g/mol. The SMILES string of the molecule is CCNC(=NCc1cccc(OC)c1)NCc1ccc(O)cc1. The molecule has 2 rings (SSSR count). The van der Waals surface area contributed by atoms with Gasteiger partial charge in [0.25, 0.3) is 0 Å². The Morgan fingerprint density at radius 1 is 1.09 bits per heavy atom. The number of guanidine groups is 1. The number of nitrogens with one attached hydrogen (secondary N) is 2. The summed E-state index contributed by atoms with van der Waals surface area (Å²) in [4.78, 5) is 4.58. The van der Waals surface area contributed by atoms with Crippen LogP contribution in [0.3, 0.4) is 0 Å². The molecule has 0 aliphatic carbocycles. The second-order valence-corrected chi connectivity index (χ2v) is 5.07. The van der Waals surface area contributed by atoms with E-state index >= 15 is 0 Å². The smallest absolute Gasteiger partial charge is 0.191 e. The van der Waals surface area contributed by atoms with Crippen molar-refractivity contribution in [2.45, 2.75) is 20.0 Å². The normalized spacial score (nSPS) is 11.1. The van der Waals surface area contributed by atoms with Gasteiger partial charge < -0.3 is 20.5 Å². The van der Waals surface area contributed by atoms with Gasteiger partial charge in [-0.2, -0.15) is 0 Å². The van der Waals surface area contributed by atoms with Crippen molar-refractivity contribution in [2.24, 2.45) is 4.99 Å². The van der Waals surface area contributed by atoms with Crippen LogP contribution in [0.2, 0.25) is 0 Å². The topological polar surface area (TPSA) is 65.9 Å². The van der Waals surface area contributed by atoms with Crippen molar-refractivity contribution in [2.75, 3.05) is 13.7 Å². The third-order valence-electron chi connectivity index (χ3n) is 3.29. The van der Waals surface area contributed by atoms with E-state index in [0.717, 1.165) is 29.4 Å². The molecule has 0 fully saturated rings. The fraction of sp³-hybridized carbons (Fsp3) is 0.278. The van der Waals surface area contributed by atoms with Crippen LogP contribution in [-0.4, -0.2) is 24.7 Å². The van der Waals surface area contributed by atoms with Crippen LogP contribution in [0.5, 0.6) is 11.5 Å². The molecule has 5 heteroatoms. The fourth-order valence-corrected chi connectivity index (χ4v) is 2.08. The minimum Gasteiger partial charge on any atom is -0.508 e. The van der Waals surface area contributed by atoms with E-state index < -0.39 is 0 Å². The summed E-state index contributed by atoms with van der Waals surface area (Å²) >= 11 is 0. The van der Waals surface area contributed by atoms with Crippen molar-refractivity contribution in [1.29, 1.82) is 0 Å². The first-order valence-corrected chi connectivity index (χ1v) is 7.64. The van der Waals surface area contributed by atoms with E-state index in [1.54, 1.807) is 19.2 Å². The summed E-state index contributed by atoms with van der Waals surface area (Å²) in [5.74, 6) is 1.86. The molecule has 0 atom stereocenters.